The number of carbonyl (C=O) groups is 2. The van der Waals surface area contributed by atoms with Gasteiger partial charge in [0.2, 0.25) is 5.65 Å². The summed E-state index contributed by atoms with van der Waals surface area (Å²) < 4.78 is 32.1. The summed E-state index contributed by atoms with van der Waals surface area (Å²) in [6.07, 6.45) is 6.23. The van der Waals surface area contributed by atoms with Crippen molar-refractivity contribution in [1.82, 2.24) is 34.1 Å². The molecule has 10 rings (SSSR count). The Labute approximate surface area is 354 Å². The number of nitrogens with zero attached hydrogens (tertiary/aromatic N) is 10. The minimum absolute atomic E-state index is 0.258. The summed E-state index contributed by atoms with van der Waals surface area (Å²) in [4.78, 5) is 50.9. The first-order chi connectivity index (χ1) is 30.3. The van der Waals surface area contributed by atoms with E-state index < -0.39 is 18.0 Å². The number of hydrogen-bond acceptors (Lipinski definition) is 11. The number of aryl methyl sites for hydroxylation is 1. The van der Waals surface area contributed by atoms with Crippen molar-refractivity contribution in [2.45, 2.75) is 13.2 Å². The third-order valence-corrected chi connectivity index (χ3v) is 10.8. The van der Waals surface area contributed by atoms with Crippen molar-refractivity contribution in [3.05, 3.63) is 144 Å². The largest absolute Gasteiger partial charge is 0.378 e. The quantitative estimate of drug-likeness (QED) is 0.174. The zero-order chi connectivity index (χ0) is 42.2. The number of imidazole rings is 2. The third-order valence-electron chi connectivity index (χ3n) is 10.8. The molecule has 8 heterocycles. The van der Waals surface area contributed by atoms with Crippen LogP contribution in [0.4, 0.5) is 27.7 Å². The second-order valence-electron chi connectivity index (χ2n) is 14.9. The fraction of sp³-hybridized carbons (Fsp3) is 0.200. The number of ether oxygens (including phenoxy) is 2. The van der Waals surface area contributed by atoms with Crippen molar-refractivity contribution in [3.63, 3.8) is 0 Å². The monoisotopic (exact) mass is 831 g/mol. The number of anilines is 4. The second kappa shape index (κ2) is 16.4. The van der Waals surface area contributed by atoms with Gasteiger partial charge in [0.15, 0.2) is 11.8 Å². The summed E-state index contributed by atoms with van der Waals surface area (Å²) in [5.41, 5.74) is 4.69. The Morgan fingerprint density at radius 2 is 1.42 bits per heavy atom. The van der Waals surface area contributed by atoms with Crippen LogP contribution >= 0.6 is 0 Å². The van der Waals surface area contributed by atoms with Gasteiger partial charge in [-0.05, 0) is 55.5 Å². The van der Waals surface area contributed by atoms with E-state index in [1.165, 1.54) is 6.07 Å². The predicted molar refractivity (Wildman–Crippen MR) is 229 cm³/mol. The Balaban J connectivity index is 0.911. The van der Waals surface area contributed by atoms with Crippen molar-refractivity contribution in [1.29, 1.82) is 0 Å². The zero-order valence-electron chi connectivity index (χ0n) is 33.6. The summed E-state index contributed by atoms with van der Waals surface area (Å²) >= 11 is 0. The van der Waals surface area contributed by atoms with Crippen molar-refractivity contribution >= 4 is 46.4 Å². The van der Waals surface area contributed by atoms with Gasteiger partial charge in [0.05, 0.1) is 54.7 Å². The van der Waals surface area contributed by atoms with E-state index in [0.29, 0.717) is 91.7 Å². The molecule has 6 aromatic heterocycles. The molecule has 2 N–H and O–H groups in total. The number of rotatable bonds is 9. The van der Waals surface area contributed by atoms with E-state index in [9.17, 15) is 9.59 Å². The normalized spacial score (nSPS) is 15.5. The highest BCUT2D eigenvalue weighted by Gasteiger charge is 2.33. The van der Waals surface area contributed by atoms with Gasteiger partial charge in [-0.25, -0.2) is 28.8 Å². The van der Waals surface area contributed by atoms with Gasteiger partial charge in [0.1, 0.15) is 35.6 Å². The van der Waals surface area contributed by atoms with Gasteiger partial charge in [-0.2, -0.15) is 5.10 Å². The van der Waals surface area contributed by atoms with Gasteiger partial charge in [0, 0.05) is 43.0 Å². The van der Waals surface area contributed by atoms with E-state index in [1.807, 2.05) is 60.1 Å². The number of halogens is 1. The lowest BCUT2D eigenvalue weighted by Crippen LogP contribution is -2.55. The van der Waals surface area contributed by atoms with Gasteiger partial charge in [-0.15, -0.1) is 4.52 Å². The molecular weight excluding hydrogens is 792 g/mol. The molecule has 16 nitrogen and oxygen atoms in total. The fourth-order valence-electron chi connectivity index (χ4n) is 7.75. The van der Waals surface area contributed by atoms with Gasteiger partial charge < -0.3 is 29.9 Å². The number of fused-ring (bicyclic) bond motifs is 2. The van der Waals surface area contributed by atoms with Crippen LogP contribution in [-0.2, 0) is 9.47 Å². The molecule has 0 aliphatic carbocycles. The molecular formula is C45H40FN12O4+. The van der Waals surface area contributed by atoms with Crippen molar-refractivity contribution in [2.75, 3.05) is 66.4 Å². The Morgan fingerprint density at radius 1 is 0.726 bits per heavy atom. The molecule has 0 radical (unpaired) electrons. The molecule has 0 saturated carbocycles. The number of hydrogen-bond donors (Lipinski definition) is 2. The van der Waals surface area contributed by atoms with Crippen LogP contribution in [0.3, 0.4) is 0 Å². The van der Waals surface area contributed by atoms with Gasteiger partial charge in [0.25, 0.3) is 11.8 Å². The van der Waals surface area contributed by atoms with Crippen LogP contribution in [0.25, 0.3) is 33.8 Å². The van der Waals surface area contributed by atoms with E-state index in [2.05, 4.69) is 25.5 Å². The van der Waals surface area contributed by atoms with Crippen LogP contribution in [0.5, 0.6) is 0 Å². The average Bonchev–Trinajstić information content (AvgIpc) is 3.95. The third kappa shape index (κ3) is 7.65. The van der Waals surface area contributed by atoms with Crippen LogP contribution in [0, 0.1) is 12.7 Å². The summed E-state index contributed by atoms with van der Waals surface area (Å²) in [5.74, 6) is 0.850. The van der Waals surface area contributed by atoms with E-state index >= 15 is 4.39 Å². The topological polar surface area (TPSA) is 160 Å². The standard InChI is InChI=1S/C45H39FN12O4/c1-29-7-4-8-30(25-29)35-26-56-42(48-35)32(15-17-47-56)44(59)52-38-12-6-14-40(51-38)55-21-24-62-41(28-55)57-18-16-33(43-49-36(27-58(43)57)31-9-2-3-10-34(31)46)45(60)53-37-11-5-13-39(50-37)54-19-22-61-23-20-54/h2-18,25-27,41H,19-24,28H2,1H3,(H-,50,51,52,53,59,60)/p+1. The Kier molecular flexibility index (Phi) is 10.2. The maximum absolute atomic E-state index is 15.2. The Hall–Kier alpha value is -7.63. The first-order valence-electron chi connectivity index (χ1n) is 20.2. The Bertz CT molecular complexity index is 2980. The average molecular weight is 832 g/mol. The molecule has 8 aromatic rings. The molecule has 2 aliphatic rings. The molecule has 17 heteroatoms. The minimum atomic E-state index is -0.578. The summed E-state index contributed by atoms with van der Waals surface area (Å²) in [6.45, 7) is 5.85. The molecule has 0 spiro atoms. The number of amides is 2. The first kappa shape index (κ1) is 38.6. The van der Waals surface area contributed by atoms with E-state index in [0.717, 1.165) is 16.9 Å². The molecule has 2 fully saturated rings. The number of nitrogens with one attached hydrogen (secondary N) is 2. The van der Waals surface area contributed by atoms with Gasteiger partial charge in [-0.1, -0.05) is 52.7 Å². The van der Waals surface area contributed by atoms with Crippen LogP contribution < -0.4 is 25.1 Å². The van der Waals surface area contributed by atoms with Gasteiger partial charge in [-0.3, -0.25) is 9.59 Å². The van der Waals surface area contributed by atoms with Crippen molar-refractivity contribution < 1.29 is 28.1 Å². The molecule has 310 valence electrons. The molecule has 1 atom stereocenters. The number of benzene rings is 2. The maximum atomic E-state index is 15.2. The number of carbonyl (C=O) groups excluding carboxylic acids is 2. The molecule has 1 unspecified atom stereocenters. The maximum Gasteiger partial charge on any atom is 0.304 e. The molecule has 2 amide bonds. The lowest BCUT2D eigenvalue weighted by atomic mass is 10.1. The molecule has 0 bridgehead atoms. The van der Waals surface area contributed by atoms with E-state index in [4.69, 9.17) is 29.4 Å². The highest BCUT2D eigenvalue weighted by molar-refractivity contribution is 6.08. The predicted octanol–water partition coefficient (Wildman–Crippen LogP) is 5.61. The summed E-state index contributed by atoms with van der Waals surface area (Å²) in [5, 5.41) is 10.3. The second-order valence-corrected chi connectivity index (χ2v) is 14.9. The smallest absolute Gasteiger partial charge is 0.304 e. The van der Waals surface area contributed by atoms with Crippen LogP contribution in [0.15, 0.2) is 122 Å². The van der Waals surface area contributed by atoms with Crippen molar-refractivity contribution in [2.24, 2.45) is 0 Å². The lowest BCUT2D eigenvalue weighted by Gasteiger charge is -2.30. The zero-order valence-corrected chi connectivity index (χ0v) is 33.6. The SMILES string of the molecule is Cc1cccc(-c2cn3nccc(C(=O)Nc4cccc(N5CCOC([n+]6ccc(C(=O)Nc7cccc(N8CCOCC8)n7)c7nc(-c8ccccc8F)cn76)C5)n4)c3n2)c1. The fourth-order valence-corrected chi connectivity index (χ4v) is 7.75. The molecule has 62 heavy (non-hydrogen) atoms. The van der Waals surface area contributed by atoms with Crippen LogP contribution in [0.2, 0.25) is 0 Å². The molecule has 2 saturated heterocycles. The highest BCUT2D eigenvalue weighted by Crippen LogP contribution is 2.27. The number of aromatic nitrogens is 8. The van der Waals surface area contributed by atoms with Gasteiger partial charge >= 0.3 is 6.23 Å². The first-order valence-corrected chi connectivity index (χ1v) is 20.2. The van der Waals surface area contributed by atoms with E-state index in [1.54, 1.807) is 76.3 Å². The van der Waals surface area contributed by atoms with E-state index in [-0.39, 0.29) is 17.0 Å². The summed E-state index contributed by atoms with van der Waals surface area (Å²) in [7, 11) is 0. The van der Waals surface area contributed by atoms with Crippen LogP contribution in [-0.4, -0.2) is 91.9 Å². The highest BCUT2D eigenvalue weighted by atomic mass is 19.1. The van der Waals surface area contributed by atoms with Crippen molar-refractivity contribution in [3.8, 4) is 22.5 Å². The summed E-state index contributed by atoms with van der Waals surface area (Å²) in [6, 6.07) is 28.6. The molecule has 2 aliphatic heterocycles. The minimum Gasteiger partial charge on any atom is -0.378 e. The number of pyridine rings is 2. The Morgan fingerprint density at radius 3 is 2.18 bits per heavy atom. The lowest BCUT2D eigenvalue weighted by molar-refractivity contribution is -0.819. The van der Waals surface area contributed by atoms with Crippen LogP contribution in [0.1, 0.15) is 32.5 Å². The number of morpholine rings is 2. The molecule has 2 aromatic carbocycles.